The first kappa shape index (κ1) is 7.42. The van der Waals surface area contributed by atoms with E-state index < -0.39 is 0 Å². The van der Waals surface area contributed by atoms with Gasteiger partial charge in [-0.15, -0.1) is 0 Å². The second kappa shape index (κ2) is 3.47. The molecule has 1 saturated heterocycles. The molecular weight excluding hydrogens is 130 g/mol. The lowest BCUT2D eigenvalue weighted by Gasteiger charge is -2.07. The normalized spacial score (nSPS) is 29.3. The second-order valence-electron chi connectivity index (χ2n) is 2.93. The van der Waals surface area contributed by atoms with Crippen LogP contribution in [0.5, 0.6) is 0 Å². The molecular formula is C7H15NS. The Kier molecular flexibility index (Phi) is 2.86. The van der Waals surface area contributed by atoms with E-state index in [2.05, 4.69) is 24.6 Å². The number of nitrogens with zero attached hydrogens (tertiary/aromatic N) is 1. The minimum absolute atomic E-state index is 0.937. The standard InChI is InChI=1S/C7H15NS/c1-8-4-2-7(6-8)3-5-9/h7,9H,2-6H2,1H3/t7-/m0/s1. The van der Waals surface area contributed by atoms with Crippen molar-refractivity contribution in [2.24, 2.45) is 5.92 Å². The molecule has 0 amide bonds. The predicted octanol–water partition coefficient (Wildman–Crippen LogP) is 1.26. The Morgan fingerprint density at radius 3 is 2.89 bits per heavy atom. The first-order valence-electron chi connectivity index (χ1n) is 3.62. The molecule has 0 unspecified atom stereocenters. The van der Waals surface area contributed by atoms with Crippen LogP contribution in [-0.2, 0) is 0 Å². The average Bonchev–Trinajstić information content (AvgIpc) is 2.17. The summed E-state index contributed by atoms with van der Waals surface area (Å²) in [5.74, 6) is 1.99. The van der Waals surface area contributed by atoms with Gasteiger partial charge in [-0.1, -0.05) is 0 Å². The van der Waals surface area contributed by atoms with Crippen LogP contribution in [0.3, 0.4) is 0 Å². The number of likely N-dealkylation sites (tertiary alicyclic amines) is 1. The molecule has 0 aromatic carbocycles. The van der Waals surface area contributed by atoms with E-state index in [0.717, 1.165) is 11.7 Å². The van der Waals surface area contributed by atoms with E-state index >= 15 is 0 Å². The van der Waals surface area contributed by atoms with Crippen LogP contribution in [0.4, 0.5) is 0 Å². The van der Waals surface area contributed by atoms with Crippen molar-refractivity contribution in [3.05, 3.63) is 0 Å². The van der Waals surface area contributed by atoms with E-state index in [1.54, 1.807) is 0 Å². The first-order valence-corrected chi connectivity index (χ1v) is 4.25. The molecule has 1 aliphatic rings. The summed E-state index contributed by atoms with van der Waals surface area (Å²) in [4.78, 5) is 2.40. The van der Waals surface area contributed by atoms with E-state index in [9.17, 15) is 0 Å². The van der Waals surface area contributed by atoms with Crippen LogP contribution < -0.4 is 0 Å². The molecule has 54 valence electrons. The highest BCUT2D eigenvalue weighted by Crippen LogP contribution is 2.17. The maximum atomic E-state index is 4.21. The lowest BCUT2D eigenvalue weighted by molar-refractivity contribution is 0.393. The number of rotatable bonds is 2. The molecule has 1 aliphatic heterocycles. The minimum Gasteiger partial charge on any atom is -0.306 e. The molecule has 1 atom stereocenters. The Bertz CT molecular complexity index is 83.0. The van der Waals surface area contributed by atoms with Gasteiger partial charge in [0, 0.05) is 6.54 Å². The molecule has 9 heavy (non-hydrogen) atoms. The van der Waals surface area contributed by atoms with Gasteiger partial charge in [-0.05, 0) is 38.1 Å². The Balaban J connectivity index is 2.14. The Morgan fingerprint density at radius 2 is 2.44 bits per heavy atom. The third-order valence-corrected chi connectivity index (χ3v) is 2.28. The van der Waals surface area contributed by atoms with E-state index in [1.165, 1.54) is 25.9 Å². The van der Waals surface area contributed by atoms with Gasteiger partial charge in [-0.3, -0.25) is 0 Å². The number of thiol groups is 1. The molecule has 0 aliphatic carbocycles. The fraction of sp³-hybridized carbons (Fsp3) is 1.00. The summed E-state index contributed by atoms with van der Waals surface area (Å²) < 4.78 is 0. The second-order valence-corrected chi connectivity index (χ2v) is 3.38. The van der Waals surface area contributed by atoms with Gasteiger partial charge in [0.1, 0.15) is 0 Å². The fourth-order valence-electron chi connectivity index (χ4n) is 1.44. The van der Waals surface area contributed by atoms with Crippen LogP contribution in [0.25, 0.3) is 0 Å². The zero-order valence-electron chi connectivity index (χ0n) is 6.01. The predicted molar refractivity (Wildman–Crippen MR) is 44.1 cm³/mol. The van der Waals surface area contributed by atoms with Crippen LogP contribution in [0.2, 0.25) is 0 Å². The SMILES string of the molecule is CN1CC[C@@H](CCS)C1. The van der Waals surface area contributed by atoms with E-state index in [4.69, 9.17) is 0 Å². The van der Waals surface area contributed by atoms with Crippen molar-refractivity contribution in [2.45, 2.75) is 12.8 Å². The maximum absolute atomic E-state index is 4.21. The highest BCUT2D eigenvalue weighted by molar-refractivity contribution is 7.80. The molecule has 2 heteroatoms. The van der Waals surface area contributed by atoms with Crippen LogP contribution in [0, 0.1) is 5.92 Å². The van der Waals surface area contributed by atoms with Crippen LogP contribution >= 0.6 is 12.6 Å². The van der Waals surface area contributed by atoms with Crippen molar-refractivity contribution >= 4 is 12.6 Å². The summed E-state index contributed by atoms with van der Waals surface area (Å²) in [5, 5.41) is 0. The zero-order chi connectivity index (χ0) is 6.69. The van der Waals surface area contributed by atoms with E-state index in [-0.39, 0.29) is 0 Å². The van der Waals surface area contributed by atoms with Crippen LogP contribution in [0.1, 0.15) is 12.8 Å². The topological polar surface area (TPSA) is 3.24 Å². The van der Waals surface area contributed by atoms with Crippen molar-refractivity contribution < 1.29 is 0 Å². The third kappa shape index (κ3) is 2.18. The van der Waals surface area contributed by atoms with E-state index in [0.29, 0.717) is 0 Å². The van der Waals surface area contributed by atoms with Gasteiger partial charge < -0.3 is 4.90 Å². The summed E-state index contributed by atoms with van der Waals surface area (Å²) >= 11 is 4.21. The lowest BCUT2D eigenvalue weighted by Crippen LogP contribution is -2.14. The Labute approximate surface area is 62.8 Å². The first-order chi connectivity index (χ1) is 4.33. The summed E-state index contributed by atoms with van der Waals surface area (Å²) in [6, 6.07) is 0. The summed E-state index contributed by atoms with van der Waals surface area (Å²) in [5.41, 5.74) is 0. The van der Waals surface area contributed by atoms with Gasteiger partial charge in [0.2, 0.25) is 0 Å². The summed E-state index contributed by atoms with van der Waals surface area (Å²) in [7, 11) is 2.19. The Hall–Kier alpha value is 0.310. The van der Waals surface area contributed by atoms with Crippen molar-refractivity contribution in [1.82, 2.24) is 4.90 Å². The lowest BCUT2D eigenvalue weighted by atomic mass is 10.1. The van der Waals surface area contributed by atoms with Crippen LogP contribution in [0.15, 0.2) is 0 Å². The molecule has 0 radical (unpaired) electrons. The van der Waals surface area contributed by atoms with Crippen molar-refractivity contribution in [2.75, 3.05) is 25.9 Å². The van der Waals surface area contributed by atoms with Crippen molar-refractivity contribution in [3.8, 4) is 0 Å². The molecule has 0 bridgehead atoms. The smallest absolute Gasteiger partial charge is 0.000738 e. The van der Waals surface area contributed by atoms with E-state index in [1.807, 2.05) is 0 Å². The minimum atomic E-state index is 0.937. The molecule has 0 aromatic rings. The molecule has 0 aromatic heterocycles. The number of hydrogen-bond acceptors (Lipinski definition) is 2. The summed E-state index contributed by atoms with van der Waals surface area (Å²) in [6.45, 7) is 2.58. The molecule has 1 rings (SSSR count). The average molecular weight is 145 g/mol. The third-order valence-electron chi connectivity index (χ3n) is 2.03. The van der Waals surface area contributed by atoms with Crippen LogP contribution in [-0.4, -0.2) is 30.8 Å². The maximum Gasteiger partial charge on any atom is 0.000738 e. The van der Waals surface area contributed by atoms with Gasteiger partial charge in [0.25, 0.3) is 0 Å². The van der Waals surface area contributed by atoms with Gasteiger partial charge in [0.15, 0.2) is 0 Å². The highest BCUT2D eigenvalue weighted by Gasteiger charge is 2.17. The molecule has 1 nitrogen and oxygen atoms in total. The largest absolute Gasteiger partial charge is 0.306 e. The zero-order valence-corrected chi connectivity index (χ0v) is 6.90. The van der Waals surface area contributed by atoms with Gasteiger partial charge in [0.05, 0.1) is 0 Å². The highest BCUT2D eigenvalue weighted by atomic mass is 32.1. The van der Waals surface area contributed by atoms with Gasteiger partial charge >= 0.3 is 0 Å². The fourth-order valence-corrected chi connectivity index (χ4v) is 1.81. The molecule has 1 heterocycles. The molecule has 1 fully saturated rings. The van der Waals surface area contributed by atoms with Crippen molar-refractivity contribution in [1.29, 1.82) is 0 Å². The quantitative estimate of drug-likeness (QED) is 0.572. The molecule has 0 saturated carbocycles. The number of hydrogen-bond donors (Lipinski definition) is 1. The molecule has 0 spiro atoms. The van der Waals surface area contributed by atoms with Crippen molar-refractivity contribution in [3.63, 3.8) is 0 Å². The van der Waals surface area contributed by atoms with Gasteiger partial charge in [-0.2, -0.15) is 12.6 Å². The summed E-state index contributed by atoms with van der Waals surface area (Å²) in [6.07, 6.45) is 2.69. The molecule has 0 N–H and O–H groups in total. The monoisotopic (exact) mass is 145 g/mol. The van der Waals surface area contributed by atoms with Gasteiger partial charge in [-0.25, -0.2) is 0 Å². The Morgan fingerprint density at radius 1 is 1.67 bits per heavy atom.